The van der Waals surface area contributed by atoms with Gasteiger partial charge < -0.3 is 25.3 Å². The van der Waals surface area contributed by atoms with E-state index in [4.69, 9.17) is 50.5 Å². The molecule has 228 valence electrons. The van der Waals surface area contributed by atoms with Gasteiger partial charge in [-0.25, -0.2) is 0 Å². The first-order chi connectivity index (χ1) is 20.3. The molecule has 0 aliphatic heterocycles. The maximum Gasteiger partial charge on any atom is 0 e. The van der Waals surface area contributed by atoms with E-state index in [2.05, 4.69) is 76.2 Å². The van der Waals surface area contributed by atoms with Crippen molar-refractivity contribution in [3.63, 3.8) is 0 Å². The summed E-state index contributed by atoms with van der Waals surface area (Å²) in [7, 11) is 0. The second-order valence-corrected chi connectivity index (χ2v) is 15.7. The van der Waals surface area contributed by atoms with E-state index >= 15 is 0 Å². The minimum atomic E-state index is -0.579. The Morgan fingerprint density at radius 2 is 1.05 bits per heavy atom. The number of hydrogen-bond donors (Lipinski definition) is 0. The van der Waals surface area contributed by atoms with E-state index in [1.807, 2.05) is 48.5 Å². The molecule has 0 saturated heterocycles. The zero-order valence-corrected chi connectivity index (χ0v) is 32.3. The summed E-state index contributed by atoms with van der Waals surface area (Å²) in [6, 6.07) is 33.4. The summed E-state index contributed by atoms with van der Waals surface area (Å²) >= 11 is 22.0. The molecule has 4 aromatic carbocycles. The smallest absolute Gasteiger partial charge is 0 e. The van der Waals surface area contributed by atoms with Crippen LogP contribution in [-0.4, -0.2) is 21.1 Å². The van der Waals surface area contributed by atoms with Crippen LogP contribution in [0.15, 0.2) is 97.1 Å². The zero-order chi connectivity index (χ0) is 30.5. The minimum absolute atomic E-state index is 0. The van der Waals surface area contributed by atoms with Crippen LogP contribution in [0, 0.1) is 6.92 Å². The summed E-state index contributed by atoms with van der Waals surface area (Å²) in [5.41, 5.74) is 8.21. The third-order valence-corrected chi connectivity index (χ3v) is 13.1. The number of unbranched alkanes of at least 4 members (excludes halogenated alkanes) is 1. The van der Waals surface area contributed by atoms with Crippen molar-refractivity contribution in [2.75, 3.05) is 0 Å². The Bertz CT molecular complexity index is 1500. The SMILES string of the molecule is CCC[CH2][Sn][c]1ccc(CC)cc1/C([S-])=C(/[S-])c1ccccc1.CCc1ccc(C)c(/C([S-])=C(/[S-])c2ccccc2)c1.[Ni]. The van der Waals surface area contributed by atoms with Crippen LogP contribution in [0.3, 0.4) is 0 Å². The molecule has 4 rings (SSSR count). The molecule has 0 atom stereocenters. The van der Waals surface area contributed by atoms with Gasteiger partial charge in [0.2, 0.25) is 0 Å². The maximum atomic E-state index is 5.79. The van der Waals surface area contributed by atoms with Crippen LogP contribution in [0.2, 0.25) is 4.44 Å². The van der Waals surface area contributed by atoms with Gasteiger partial charge >= 0.3 is 163 Å². The van der Waals surface area contributed by atoms with E-state index in [0.717, 1.165) is 49.2 Å². The summed E-state index contributed by atoms with van der Waals surface area (Å²) in [5.74, 6) is 0. The molecule has 0 bridgehead atoms. The van der Waals surface area contributed by atoms with Crippen molar-refractivity contribution >= 4 is 94.9 Å². The van der Waals surface area contributed by atoms with Crippen molar-refractivity contribution in [3.05, 3.63) is 136 Å². The second-order valence-electron chi connectivity index (χ2n) is 10.1. The molecular weight excluding hydrogens is 750 g/mol. The summed E-state index contributed by atoms with van der Waals surface area (Å²) in [5, 5.41) is 0. The van der Waals surface area contributed by atoms with Crippen LogP contribution < -0.4 is 3.58 Å². The Labute approximate surface area is 302 Å². The molecule has 0 aliphatic rings. The van der Waals surface area contributed by atoms with Crippen molar-refractivity contribution < 1.29 is 16.5 Å². The van der Waals surface area contributed by atoms with Gasteiger partial charge in [0.1, 0.15) is 0 Å². The molecule has 0 aromatic heterocycles. The molecule has 6 heteroatoms. The van der Waals surface area contributed by atoms with E-state index < -0.39 is 21.1 Å². The first-order valence-corrected chi connectivity index (χ1v) is 19.6. The average molecular weight is 788 g/mol. The van der Waals surface area contributed by atoms with Gasteiger partial charge in [-0.2, -0.15) is 9.81 Å². The molecule has 43 heavy (non-hydrogen) atoms. The van der Waals surface area contributed by atoms with Gasteiger partial charge in [0.05, 0.1) is 0 Å². The summed E-state index contributed by atoms with van der Waals surface area (Å²) < 4.78 is 2.88. The molecule has 0 heterocycles. The second kappa shape index (κ2) is 19.8. The normalized spacial score (nSPS) is 11.8. The van der Waals surface area contributed by atoms with Gasteiger partial charge in [0.15, 0.2) is 0 Å². The summed E-state index contributed by atoms with van der Waals surface area (Å²) in [4.78, 5) is 3.19. The molecule has 4 aromatic rings. The molecular formula is C37H38NiS4Sn-4. The van der Waals surface area contributed by atoms with Gasteiger partial charge in [-0.3, -0.25) is 0 Å². The Balaban J connectivity index is 0.000000298. The fraction of sp³-hybridized carbons (Fsp3) is 0.243. The quantitative estimate of drug-likeness (QED) is 0.0681. The molecule has 0 N–H and O–H groups in total. The van der Waals surface area contributed by atoms with Crippen LogP contribution in [0.25, 0.3) is 19.6 Å². The number of hydrogen-bond acceptors (Lipinski definition) is 4. The predicted molar refractivity (Wildman–Crippen MR) is 197 cm³/mol. The molecule has 0 amide bonds. The monoisotopic (exact) mass is 788 g/mol. The number of aryl methyl sites for hydroxylation is 3. The molecule has 0 spiro atoms. The zero-order valence-electron chi connectivity index (χ0n) is 25.2. The third-order valence-electron chi connectivity index (χ3n) is 7.02. The number of benzene rings is 4. The predicted octanol–water partition coefficient (Wildman–Crippen LogP) is 9.19. The first-order valence-electron chi connectivity index (χ1n) is 14.5. The molecule has 0 nitrogen and oxygen atoms in total. The Morgan fingerprint density at radius 1 is 0.581 bits per heavy atom. The topological polar surface area (TPSA) is 0 Å². The molecule has 0 saturated carbocycles. The maximum absolute atomic E-state index is 5.79. The number of rotatable bonds is 10. The first kappa shape index (κ1) is 37.7. The summed E-state index contributed by atoms with van der Waals surface area (Å²) in [6.45, 7) is 8.67. The van der Waals surface area contributed by atoms with Crippen LogP contribution in [0.5, 0.6) is 0 Å². The van der Waals surface area contributed by atoms with Gasteiger partial charge in [0, 0.05) is 16.5 Å². The van der Waals surface area contributed by atoms with E-state index in [1.54, 1.807) is 0 Å². The van der Waals surface area contributed by atoms with Crippen LogP contribution >= 0.6 is 0 Å². The van der Waals surface area contributed by atoms with Gasteiger partial charge in [-0.15, -0.1) is 0 Å². The largest absolute Gasteiger partial charge is 0.781 e. The third kappa shape index (κ3) is 11.1. The standard InChI is InChI=1S/C17H18S2.C16H15S2.C4H9.Ni.Sn/c1-3-13-10-9-12(2)15(11-13)17(19)16(18)14-7-5-4-6-8-14;1-2-12-7-6-10-14(11-12)16(18)15(17)13-8-4-3-5-9-13;1-3-4-2;;/h4-11,18-19H,3H2,1-2H3;3-9,11,17-18H,2H2,1H3;1,3-4H2,2H3;;/p-4/b17-16-;16-15-;;;. The molecule has 0 fully saturated rings. The van der Waals surface area contributed by atoms with Crippen LogP contribution in [0.4, 0.5) is 0 Å². The van der Waals surface area contributed by atoms with Gasteiger partial charge in [-0.1, -0.05) is 55.5 Å². The van der Waals surface area contributed by atoms with Crippen molar-refractivity contribution in [3.8, 4) is 0 Å². The minimum Gasteiger partial charge on any atom is -0.781 e. The summed E-state index contributed by atoms with van der Waals surface area (Å²) in [6.07, 6.45) is 4.65. The van der Waals surface area contributed by atoms with E-state index in [-0.39, 0.29) is 16.5 Å². The molecule has 2 radical (unpaired) electrons. The molecule has 0 unspecified atom stereocenters. The van der Waals surface area contributed by atoms with Crippen molar-refractivity contribution in [2.45, 2.75) is 57.8 Å². The Kier molecular flexibility index (Phi) is 17.4. The van der Waals surface area contributed by atoms with E-state index in [9.17, 15) is 0 Å². The fourth-order valence-corrected chi connectivity index (χ4v) is 9.71. The average Bonchev–Trinajstić information content (AvgIpc) is 3.05. The van der Waals surface area contributed by atoms with Crippen LogP contribution in [-0.2, 0) is 79.8 Å². The Hall–Kier alpha value is -1.47. The van der Waals surface area contributed by atoms with Crippen molar-refractivity contribution in [2.24, 2.45) is 0 Å². The van der Waals surface area contributed by atoms with Gasteiger partial charge in [0.25, 0.3) is 0 Å². The van der Waals surface area contributed by atoms with Crippen molar-refractivity contribution in [1.29, 1.82) is 0 Å². The van der Waals surface area contributed by atoms with Crippen LogP contribution in [0.1, 0.15) is 72.6 Å². The molecule has 0 aliphatic carbocycles. The van der Waals surface area contributed by atoms with Gasteiger partial charge in [-0.05, 0) is 35.6 Å². The van der Waals surface area contributed by atoms with Crippen molar-refractivity contribution in [1.82, 2.24) is 0 Å². The van der Waals surface area contributed by atoms with E-state index in [0.29, 0.717) is 0 Å². The fourth-order valence-electron chi connectivity index (χ4n) is 4.37. The Morgan fingerprint density at radius 3 is 1.53 bits per heavy atom. The van der Waals surface area contributed by atoms with E-state index in [1.165, 1.54) is 43.1 Å².